The summed E-state index contributed by atoms with van der Waals surface area (Å²) in [4.78, 5) is 30.6. The molecular formula is C18H20N2O4. The molecule has 24 heavy (non-hydrogen) atoms. The van der Waals surface area contributed by atoms with Gasteiger partial charge in [0.1, 0.15) is 0 Å². The predicted molar refractivity (Wildman–Crippen MR) is 88.9 cm³/mol. The fourth-order valence-electron chi connectivity index (χ4n) is 2.75. The molecule has 1 amide bonds. The lowest BCUT2D eigenvalue weighted by Gasteiger charge is -2.26. The molecule has 0 unspecified atom stereocenters. The zero-order valence-electron chi connectivity index (χ0n) is 13.9. The van der Waals surface area contributed by atoms with Crippen molar-refractivity contribution < 1.29 is 19.1 Å². The van der Waals surface area contributed by atoms with Crippen LogP contribution in [0.4, 0.5) is 0 Å². The lowest BCUT2D eigenvalue weighted by atomic mass is 10.1. The minimum Gasteiger partial charge on any atom is -0.452 e. The lowest BCUT2D eigenvalue weighted by molar-refractivity contribution is -0.138. The molecule has 2 heterocycles. The Kier molecular flexibility index (Phi) is 4.76. The van der Waals surface area contributed by atoms with E-state index in [0.29, 0.717) is 31.9 Å². The average molecular weight is 328 g/mol. The van der Waals surface area contributed by atoms with Gasteiger partial charge in [-0.2, -0.15) is 0 Å². The number of fused-ring (bicyclic) bond motifs is 1. The number of carbonyl (C=O) groups excluding carboxylic acids is 2. The molecule has 0 atom stereocenters. The first-order chi connectivity index (χ1) is 11.5. The topological polar surface area (TPSA) is 68.7 Å². The van der Waals surface area contributed by atoms with Crippen LogP contribution in [0.25, 0.3) is 10.9 Å². The van der Waals surface area contributed by atoms with Gasteiger partial charge in [-0.1, -0.05) is 11.6 Å². The first-order valence-corrected chi connectivity index (χ1v) is 7.95. The van der Waals surface area contributed by atoms with E-state index in [1.54, 1.807) is 11.0 Å². The number of morpholine rings is 1. The summed E-state index contributed by atoms with van der Waals surface area (Å²) in [7, 11) is 0. The molecule has 0 bridgehead atoms. The van der Waals surface area contributed by atoms with Crippen molar-refractivity contribution in [3.05, 3.63) is 41.1 Å². The number of amides is 1. The number of aromatic nitrogens is 1. The van der Waals surface area contributed by atoms with Crippen molar-refractivity contribution in [3.8, 4) is 0 Å². The van der Waals surface area contributed by atoms with Gasteiger partial charge in [-0.3, -0.25) is 9.78 Å². The maximum Gasteiger partial charge on any atom is 0.339 e. The molecule has 1 fully saturated rings. The molecule has 2 aromatic rings. The summed E-state index contributed by atoms with van der Waals surface area (Å²) in [6.45, 7) is 5.64. The molecule has 6 heteroatoms. The van der Waals surface area contributed by atoms with Crippen molar-refractivity contribution in [3.63, 3.8) is 0 Å². The number of rotatable bonds is 3. The van der Waals surface area contributed by atoms with Crippen molar-refractivity contribution >= 4 is 22.8 Å². The standard InChI is InChI=1S/C18H20N2O4/c1-12-3-4-16-14(9-12)15(10-13(2)19-16)18(22)24-11-17(21)20-5-7-23-8-6-20/h3-4,9-10H,5-8,11H2,1-2H3. The number of nitrogens with zero attached hydrogens (tertiary/aromatic N) is 2. The smallest absolute Gasteiger partial charge is 0.339 e. The summed E-state index contributed by atoms with van der Waals surface area (Å²) < 4.78 is 10.5. The van der Waals surface area contributed by atoms with E-state index in [0.717, 1.165) is 22.2 Å². The molecule has 0 aliphatic carbocycles. The second-order valence-corrected chi connectivity index (χ2v) is 5.90. The highest BCUT2D eigenvalue weighted by Crippen LogP contribution is 2.21. The summed E-state index contributed by atoms with van der Waals surface area (Å²) in [6, 6.07) is 7.44. The van der Waals surface area contributed by atoms with Gasteiger partial charge in [0.05, 0.1) is 24.3 Å². The van der Waals surface area contributed by atoms with Gasteiger partial charge in [0.15, 0.2) is 6.61 Å². The van der Waals surface area contributed by atoms with Gasteiger partial charge < -0.3 is 14.4 Å². The second-order valence-electron chi connectivity index (χ2n) is 5.90. The fraction of sp³-hybridized carbons (Fsp3) is 0.389. The molecule has 3 rings (SSSR count). The summed E-state index contributed by atoms with van der Waals surface area (Å²) in [6.07, 6.45) is 0. The molecule has 6 nitrogen and oxygen atoms in total. The first-order valence-electron chi connectivity index (χ1n) is 7.95. The molecule has 0 N–H and O–H groups in total. The Morgan fingerprint density at radius 2 is 1.96 bits per heavy atom. The fourth-order valence-corrected chi connectivity index (χ4v) is 2.75. The number of ether oxygens (including phenoxy) is 2. The van der Waals surface area contributed by atoms with Crippen LogP contribution in [-0.2, 0) is 14.3 Å². The molecule has 1 aliphatic heterocycles. The molecular weight excluding hydrogens is 308 g/mol. The Morgan fingerprint density at radius 3 is 2.71 bits per heavy atom. The number of carbonyl (C=O) groups is 2. The lowest BCUT2D eigenvalue weighted by Crippen LogP contribution is -2.42. The van der Waals surface area contributed by atoms with E-state index in [-0.39, 0.29) is 12.5 Å². The third kappa shape index (κ3) is 3.54. The Bertz CT molecular complexity index is 782. The van der Waals surface area contributed by atoms with Crippen LogP contribution >= 0.6 is 0 Å². The summed E-state index contributed by atoms with van der Waals surface area (Å²) in [5.74, 6) is -0.698. The molecule has 1 saturated heterocycles. The van der Waals surface area contributed by atoms with Gasteiger partial charge >= 0.3 is 5.97 Å². The molecule has 0 saturated carbocycles. The first kappa shape index (κ1) is 16.4. The van der Waals surface area contributed by atoms with E-state index in [2.05, 4.69) is 4.98 Å². The van der Waals surface area contributed by atoms with E-state index >= 15 is 0 Å². The number of hydrogen-bond acceptors (Lipinski definition) is 5. The highest BCUT2D eigenvalue weighted by atomic mass is 16.5. The van der Waals surface area contributed by atoms with E-state index in [1.807, 2.05) is 32.0 Å². The van der Waals surface area contributed by atoms with Crippen molar-refractivity contribution in [2.75, 3.05) is 32.9 Å². The van der Waals surface area contributed by atoms with Gasteiger partial charge in [-0.15, -0.1) is 0 Å². The van der Waals surface area contributed by atoms with Crippen molar-refractivity contribution in [2.24, 2.45) is 0 Å². The van der Waals surface area contributed by atoms with Crippen LogP contribution in [0, 0.1) is 13.8 Å². The third-order valence-corrected chi connectivity index (χ3v) is 4.00. The average Bonchev–Trinajstić information content (AvgIpc) is 2.59. The Hall–Kier alpha value is -2.47. The van der Waals surface area contributed by atoms with E-state index < -0.39 is 5.97 Å². The SMILES string of the molecule is Cc1ccc2nc(C)cc(C(=O)OCC(=O)N3CCOCC3)c2c1. The van der Waals surface area contributed by atoms with Gasteiger partial charge in [-0.25, -0.2) is 4.79 Å². The Morgan fingerprint density at radius 1 is 1.21 bits per heavy atom. The summed E-state index contributed by atoms with van der Waals surface area (Å²) >= 11 is 0. The van der Waals surface area contributed by atoms with Crippen LogP contribution in [0.5, 0.6) is 0 Å². The molecule has 126 valence electrons. The van der Waals surface area contributed by atoms with Crippen LogP contribution in [0.1, 0.15) is 21.6 Å². The highest BCUT2D eigenvalue weighted by Gasteiger charge is 2.20. The van der Waals surface area contributed by atoms with Gasteiger partial charge in [0.25, 0.3) is 5.91 Å². The summed E-state index contributed by atoms with van der Waals surface area (Å²) in [5.41, 5.74) is 2.95. The van der Waals surface area contributed by atoms with Gasteiger partial charge in [0, 0.05) is 24.2 Å². The van der Waals surface area contributed by atoms with Crippen molar-refractivity contribution in [1.29, 1.82) is 0 Å². The van der Waals surface area contributed by atoms with Gasteiger partial charge in [0.2, 0.25) is 0 Å². The largest absolute Gasteiger partial charge is 0.452 e. The highest BCUT2D eigenvalue weighted by molar-refractivity contribution is 6.04. The molecule has 0 spiro atoms. The summed E-state index contributed by atoms with van der Waals surface area (Å²) in [5, 5.41) is 0.740. The number of hydrogen-bond donors (Lipinski definition) is 0. The minimum absolute atomic E-state index is 0.196. The van der Waals surface area contributed by atoms with Crippen LogP contribution in [0.3, 0.4) is 0 Å². The second kappa shape index (κ2) is 6.97. The third-order valence-electron chi connectivity index (χ3n) is 4.00. The Balaban J connectivity index is 1.76. The number of benzene rings is 1. The maximum absolute atomic E-state index is 12.5. The minimum atomic E-state index is -0.502. The number of esters is 1. The monoisotopic (exact) mass is 328 g/mol. The number of pyridine rings is 1. The Labute approximate surface area is 140 Å². The number of aryl methyl sites for hydroxylation is 2. The molecule has 0 radical (unpaired) electrons. The predicted octanol–water partition coefficient (Wildman–Crippen LogP) is 1.87. The van der Waals surface area contributed by atoms with Crippen molar-refractivity contribution in [1.82, 2.24) is 9.88 Å². The normalized spacial score (nSPS) is 14.7. The van der Waals surface area contributed by atoms with Crippen LogP contribution in [0.2, 0.25) is 0 Å². The quantitative estimate of drug-likeness (QED) is 0.805. The zero-order chi connectivity index (χ0) is 17.1. The van der Waals surface area contributed by atoms with Crippen LogP contribution in [0.15, 0.2) is 24.3 Å². The molecule has 1 aromatic carbocycles. The van der Waals surface area contributed by atoms with E-state index in [9.17, 15) is 9.59 Å². The van der Waals surface area contributed by atoms with Crippen LogP contribution < -0.4 is 0 Å². The molecule has 1 aliphatic rings. The maximum atomic E-state index is 12.5. The zero-order valence-corrected chi connectivity index (χ0v) is 13.9. The van der Waals surface area contributed by atoms with Crippen LogP contribution in [-0.4, -0.2) is 54.7 Å². The van der Waals surface area contributed by atoms with Crippen molar-refractivity contribution in [2.45, 2.75) is 13.8 Å². The van der Waals surface area contributed by atoms with E-state index in [1.165, 1.54) is 0 Å². The van der Waals surface area contributed by atoms with E-state index in [4.69, 9.17) is 9.47 Å². The molecule has 1 aromatic heterocycles. The van der Waals surface area contributed by atoms with Gasteiger partial charge in [-0.05, 0) is 32.0 Å².